The molecule has 0 spiro atoms. The second-order valence-electron chi connectivity index (χ2n) is 6.23. The molecule has 0 aliphatic carbocycles. The van der Waals surface area contributed by atoms with Gasteiger partial charge in [-0.3, -0.25) is 4.99 Å². The maximum atomic E-state index is 5.95. The third-order valence-electron chi connectivity index (χ3n) is 4.08. The molecule has 0 saturated heterocycles. The van der Waals surface area contributed by atoms with Gasteiger partial charge in [-0.05, 0) is 47.1 Å². The van der Waals surface area contributed by atoms with Crippen molar-refractivity contribution in [2.24, 2.45) is 4.99 Å². The summed E-state index contributed by atoms with van der Waals surface area (Å²) in [6.07, 6.45) is 3.91. The van der Waals surface area contributed by atoms with Crippen LogP contribution in [0.2, 0.25) is 0 Å². The van der Waals surface area contributed by atoms with Gasteiger partial charge in [0.25, 0.3) is 0 Å². The second-order valence-corrected chi connectivity index (χ2v) is 7.15. The van der Waals surface area contributed by atoms with E-state index >= 15 is 0 Å². The number of fused-ring (bicyclic) bond motifs is 1. The SMILES string of the molecule is CN=C(NCc1cn2cc(Br)ccc2n1)NCC(C)Oc1ccccc1OC.I. The van der Waals surface area contributed by atoms with Crippen molar-refractivity contribution in [3.63, 3.8) is 0 Å². The van der Waals surface area contributed by atoms with Crippen LogP contribution in [0, 0.1) is 0 Å². The fourth-order valence-electron chi connectivity index (χ4n) is 2.71. The molecule has 0 saturated carbocycles. The molecule has 0 aliphatic heterocycles. The summed E-state index contributed by atoms with van der Waals surface area (Å²) in [7, 11) is 3.37. The zero-order chi connectivity index (χ0) is 19.9. The third kappa shape index (κ3) is 6.49. The Bertz CT molecular complexity index is 963. The molecule has 7 nitrogen and oxygen atoms in total. The molecule has 0 radical (unpaired) electrons. The Balaban J connectivity index is 0.00000300. The highest BCUT2D eigenvalue weighted by atomic mass is 127. The average Bonchev–Trinajstić information content (AvgIpc) is 3.10. The zero-order valence-corrected chi connectivity index (χ0v) is 20.5. The fourth-order valence-corrected chi connectivity index (χ4v) is 3.07. The molecule has 9 heteroatoms. The first-order chi connectivity index (χ1) is 13.6. The second kappa shape index (κ2) is 11.2. The van der Waals surface area contributed by atoms with Crippen LogP contribution in [0.4, 0.5) is 0 Å². The smallest absolute Gasteiger partial charge is 0.191 e. The lowest BCUT2D eigenvalue weighted by Gasteiger charge is -2.18. The Labute approximate surface area is 196 Å². The molecule has 1 aromatic carbocycles. The van der Waals surface area contributed by atoms with Gasteiger partial charge in [-0.1, -0.05) is 12.1 Å². The van der Waals surface area contributed by atoms with Gasteiger partial charge in [0.05, 0.1) is 25.9 Å². The summed E-state index contributed by atoms with van der Waals surface area (Å²) in [4.78, 5) is 8.84. The van der Waals surface area contributed by atoms with Crippen LogP contribution in [0.15, 0.2) is 58.3 Å². The van der Waals surface area contributed by atoms with E-state index in [1.165, 1.54) is 0 Å². The predicted molar refractivity (Wildman–Crippen MR) is 130 cm³/mol. The number of guanidine groups is 1. The van der Waals surface area contributed by atoms with Gasteiger partial charge in [0, 0.05) is 23.9 Å². The van der Waals surface area contributed by atoms with Crippen molar-refractivity contribution in [1.82, 2.24) is 20.0 Å². The van der Waals surface area contributed by atoms with Crippen LogP contribution in [0.3, 0.4) is 0 Å². The molecule has 3 aromatic rings. The van der Waals surface area contributed by atoms with Crippen molar-refractivity contribution >= 4 is 51.5 Å². The summed E-state index contributed by atoms with van der Waals surface area (Å²) in [5.41, 5.74) is 1.83. The number of nitrogens with zero attached hydrogens (tertiary/aromatic N) is 3. The van der Waals surface area contributed by atoms with Crippen LogP contribution in [0.25, 0.3) is 5.65 Å². The summed E-state index contributed by atoms with van der Waals surface area (Å²) in [6.45, 7) is 3.16. The first kappa shape index (κ1) is 23.3. The van der Waals surface area contributed by atoms with Gasteiger partial charge in [0.2, 0.25) is 0 Å². The summed E-state index contributed by atoms with van der Waals surface area (Å²) < 4.78 is 14.3. The summed E-state index contributed by atoms with van der Waals surface area (Å²) >= 11 is 3.47. The molecule has 0 fully saturated rings. The van der Waals surface area contributed by atoms with E-state index in [2.05, 4.69) is 36.5 Å². The van der Waals surface area contributed by atoms with Crippen molar-refractivity contribution in [2.45, 2.75) is 19.6 Å². The van der Waals surface area contributed by atoms with E-state index in [9.17, 15) is 0 Å². The lowest BCUT2D eigenvalue weighted by Crippen LogP contribution is -2.41. The van der Waals surface area contributed by atoms with Gasteiger partial charge >= 0.3 is 0 Å². The average molecular weight is 574 g/mol. The number of hydrogen-bond acceptors (Lipinski definition) is 4. The molecule has 29 heavy (non-hydrogen) atoms. The fraction of sp³-hybridized carbons (Fsp3) is 0.300. The molecule has 2 N–H and O–H groups in total. The van der Waals surface area contributed by atoms with Crippen molar-refractivity contribution < 1.29 is 9.47 Å². The number of methoxy groups -OCH3 is 1. The number of pyridine rings is 1. The number of aliphatic imine (C=N–C) groups is 1. The van der Waals surface area contributed by atoms with Crippen molar-refractivity contribution in [2.75, 3.05) is 20.7 Å². The normalized spacial score (nSPS) is 12.2. The number of aromatic nitrogens is 2. The number of ether oxygens (including phenoxy) is 2. The topological polar surface area (TPSA) is 72.2 Å². The van der Waals surface area contributed by atoms with E-state index in [1.54, 1.807) is 14.2 Å². The van der Waals surface area contributed by atoms with Crippen molar-refractivity contribution in [3.8, 4) is 11.5 Å². The quantitative estimate of drug-likeness (QED) is 0.255. The van der Waals surface area contributed by atoms with Crippen molar-refractivity contribution in [1.29, 1.82) is 0 Å². The molecule has 3 rings (SSSR count). The Hall–Kier alpha value is -2.01. The lowest BCUT2D eigenvalue weighted by molar-refractivity contribution is 0.213. The summed E-state index contributed by atoms with van der Waals surface area (Å²) in [5.74, 6) is 2.13. The number of rotatable bonds is 7. The van der Waals surface area contributed by atoms with Crippen LogP contribution < -0.4 is 20.1 Å². The number of nitrogens with one attached hydrogen (secondary N) is 2. The summed E-state index contributed by atoms with van der Waals surface area (Å²) in [6, 6.07) is 11.6. The van der Waals surface area contributed by atoms with Crippen LogP contribution in [-0.2, 0) is 6.54 Å². The van der Waals surface area contributed by atoms with Crippen LogP contribution in [0.1, 0.15) is 12.6 Å². The number of benzene rings is 1. The van der Waals surface area contributed by atoms with Gasteiger partial charge in [-0.15, -0.1) is 24.0 Å². The van der Waals surface area contributed by atoms with Gasteiger partial charge in [-0.2, -0.15) is 0 Å². The molecule has 0 bridgehead atoms. The molecule has 0 aliphatic rings. The van der Waals surface area contributed by atoms with Crippen LogP contribution in [0.5, 0.6) is 11.5 Å². The summed E-state index contributed by atoms with van der Waals surface area (Å²) in [5, 5.41) is 6.55. The lowest BCUT2D eigenvalue weighted by atomic mass is 10.3. The number of hydrogen-bond donors (Lipinski definition) is 2. The molecule has 0 amide bonds. The minimum Gasteiger partial charge on any atom is -0.493 e. The highest BCUT2D eigenvalue weighted by Crippen LogP contribution is 2.26. The number of imidazole rings is 1. The molecule has 2 aromatic heterocycles. The first-order valence-corrected chi connectivity index (χ1v) is 9.75. The Morgan fingerprint density at radius 3 is 2.66 bits per heavy atom. The monoisotopic (exact) mass is 573 g/mol. The molecule has 1 atom stereocenters. The molecular weight excluding hydrogens is 549 g/mol. The standard InChI is InChI=1S/C20H24BrN5O2.HI/c1-14(28-18-7-5-4-6-17(18)27-3)10-23-20(22-2)24-11-16-13-26-12-15(21)8-9-19(26)25-16;/h4-9,12-14H,10-11H2,1-3H3,(H2,22,23,24);1H. The van der Waals surface area contributed by atoms with Gasteiger partial charge < -0.3 is 24.5 Å². The van der Waals surface area contributed by atoms with Crippen molar-refractivity contribution in [3.05, 3.63) is 59.0 Å². The molecular formula is C20H25BrIN5O2. The van der Waals surface area contributed by atoms with Crippen LogP contribution in [-0.4, -0.2) is 42.2 Å². The van der Waals surface area contributed by atoms with E-state index in [0.29, 0.717) is 19.0 Å². The van der Waals surface area contributed by atoms with Gasteiger partial charge in [0.1, 0.15) is 11.8 Å². The third-order valence-corrected chi connectivity index (χ3v) is 4.55. The maximum absolute atomic E-state index is 5.95. The molecule has 1 unspecified atom stereocenters. The minimum absolute atomic E-state index is 0. The molecule has 156 valence electrons. The highest BCUT2D eigenvalue weighted by molar-refractivity contribution is 14.0. The minimum atomic E-state index is -0.0672. The van der Waals surface area contributed by atoms with Gasteiger partial charge in [-0.25, -0.2) is 4.98 Å². The van der Waals surface area contributed by atoms with E-state index < -0.39 is 0 Å². The Morgan fingerprint density at radius 2 is 1.93 bits per heavy atom. The number of para-hydroxylation sites is 2. The Morgan fingerprint density at radius 1 is 1.17 bits per heavy atom. The maximum Gasteiger partial charge on any atom is 0.191 e. The van der Waals surface area contributed by atoms with Gasteiger partial charge in [0.15, 0.2) is 17.5 Å². The Kier molecular flexibility index (Phi) is 9.02. The van der Waals surface area contributed by atoms with E-state index in [1.807, 2.05) is 60.1 Å². The predicted octanol–water partition coefficient (Wildman–Crippen LogP) is 3.86. The van der Waals surface area contributed by atoms with E-state index in [-0.39, 0.29) is 30.1 Å². The molecule has 2 heterocycles. The first-order valence-electron chi connectivity index (χ1n) is 8.96. The van der Waals surface area contributed by atoms with E-state index in [4.69, 9.17) is 9.47 Å². The zero-order valence-electron chi connectivity index (χ0n) is 16.6. The van der Waals surface area contributed by atoms with E-state index in [0.717, 1.165) is 27.3 Å². The number of halogens is 2. The largest absolute Gasteiger partial charge is 0.493 e. The highest BCUT2D eigenvalue weighted by Gasteiger charge is 2.10. The van der Waals surface area contributed by atoms with Crippen LogP contribution >= 0.6 is 39.9 Å².